The van der Waals surface area contributed by atoms with Gasteiger partial charge in [-0.15, -0.1) is 0 Å². The fraction of sp³-hybridized carbons (Fsp3) is 0.235. The molecule has 1 aliphatic heterocycles. The maximum absolute atomic E-state index is 12.0. The van der Waals surface area contributed by atoms with Crippen LogP contribution < -0.4 is 10.1 Å². The first kappa shape index (κ1) is 14.4. The second-order valence-corrected chi connectivity index (χ2v) is 5.20. The molecule has 0 aromatic heterocycles. The van der Waals surface area contributed by atoms with Crippen molar-refractivity contribution >= 4 is 6.09 Å². The van der Waals surface area contributed by atoms with Gasteiger partial charge in [-0.1, -0.05) is 36.4 Å². The van der Waals surface area contributed by atoms with E-state index in [0.717, 1.165) is 11.1 Å². The molecule has 114 valence electrons. The summed E-state index contributed by atoms with van der Waals surface area (Å²) in [7, 11) is 0. The van der Waals surface area contributed by atoms with E-state index in [-0.39, 0.29) is 12.6 Å². The van der Waals surface area contributed by atoms with Crippen molar-refractivity contribution in [2.45, 2.75) is 19.1 Å². The molecule has 0 saturated heterocycles. The first-order valence-electron chi connectivity index (χ1n) is 7.12. The summed E-state index contributed by atoms with van der Waals surface area (Å²) in [6.45, 7) is 1.52. The van der Waals surface area contributed by atoms with Gasteiger partial charge in [-0.2, -0.15) is 0 Å². The van der Waals surface area contributed by atoms with Crippen LogP contribution in [0, 0.1) is 0 Å². The lowest BCUT2D eigenvalue weighted by Gasteiger charge is -2.28. The Morgan fingerprint density at radius 2 is 1.73 bits per heavy atom. The number of amides is 1. The van der Waals surface area contributed by atoms with Crippen molar-refractivity contribution in [3.63, 3.8) is 0 Å². The maximum atomic E-state index is 12.0. The summed E-state index contributed by atoms with van der Waals surface area (Å²) in [5.74, 6) is 1.42. The van der Waals surface area contributed by atoms with Crippen molar-refractivity contribution in [2.24, 2.45) is 0 Å². The summed E-state index contributed by atoms with van der Waals surface area (Å²) in [6.07, 6.45) is -1.27. The van der Waals surface area contributed by atoms with Crippen LogP contribution >= 0.6 is 0 Å². The van der Waals surface area contributed by atoms with Crippen molar-refractivity contribution in [2.75, 3.05) is 6.61 Å². The van der Waals surface area contributed by atoms with Crippen molar-refractivity contribution in [3.8, 4) is 11.5 Å². The number of aliphatic hydroxyl groups excluding tert-OH is 1. The number of carbonyl (C=O) groups excluding carboxylic acids is 1. The second kappa shape index (κ2) is 6.07. The monoisotopic (exact) mass is 299 g/mol. The first-order valence-corrected chi connectivity index (χ1v) is 7.12. The van der Waals surface area contributed by atoms with Gasteiger partial charge in [0, 0.05) is 11.1 Å². The van der Waals surface area contributed by atoms with Gasteiger partial charge < -0.3 is 19.9 Å². The van der Waals surface area contributed by atoms with Gasteiger partial charge in [0.05, 0.1) is 12.1 Å². The van der Waals surface area contributed by atoms with E-state index >= 15 is 0 Å². The van der Waals surface area contributed by atoms with Gasteiger partial charge >= 0.3 is 6.09 Å². The molecule has 1 heterocycles. The minimum Gasteiger partial charge on any atom is -0.457 e. The summed E-state index contributed by atoms with van der Waals surface area (Å²) in [5.41, 5.74) is 1.74. The molecule has 2 aromatic rings. The number of para-hydroxylation sites is 2. The van der Waals surface area contributed by atoms with Gasteiger partial charge in [-0.05, 0) is 19.1 Å². The molecule has 2 N–H and O–H groups in total. The molecule has 2 aromatic carbocycles. The zero-order valence-corrected chi connectivity index (χ0v) is 12.2. The van der Waals surface area contributed by atoms with Crippen molar-refractivity contribution in [1.82, 2.24) is 5.32 Å². The Balaban J connectivity index is 1.88. The van der Waals surface area contributed by atoms with Crippen LogP contribution in [0.2, 0.25) is 0 Å². The van der Waals surface area contributed by atoms with Crippen LogP contribution in [0.15, 0.2) is 48.5 Å². The third-order valence-electron chi connectivity index (χ3n) is 3.40. The number of alkyl carbamates (subject to hydrolysis) is 1. The number of benzene rings is 2. The molecule has 0 aliphatic carbocycles. The molecule has 0 saturated carbocycles. The minimum absolute atomic E-state index is 0.0433. The van der Waals surface area contributed by atoms with E-state index < -0.39 is 12.2 Å². The Morgan fingerprint density at radius 3 is 2.27 bits per heavy atom. The third kappa shape index (κ3) is 2.89. The Labute approximate surface area is 128 Å². The third-order valence-corrected chi connectivity index (χ3v) is 3.40. The highest BCUT2D eigenvalue weighted by Crippen LogP contribution is 2.42. The van der Waals surface area contributed by atoms with Crippen molar-refractivity contribution < 1.29 is 19.4 Å². The van der Waals surface area contributed by atoms with Gasteiger partial charge in [0.1, 0.15) is 18.1 Å². The normalized spacial score (nSPS) is 14.3. The number of aliphatic hydroxyl groups is 1. The minimum atomic E-state index is -0.694. The maximum Gasteiger partial charge on any atom is 0.407 e. The van der Waals surface area contributed by atoms with Crippen LogP contribution in [0.4, 0.5) is 4.79 Å². The highest BCUT2D eigenvalue weighted by atomic mass is 16.6. The Kier molecular flexibility index (Phi) is 3.98. The summed E-state index contributed by atoms with van der Waals surface area (Å²) in [6, 6.07) is 14.8. The zero-order valence-electron chi connectivity index (χ0n) is 12.2. The Morgan fingerprint density at radius 1 is 1.18 bits per heavy atom. The predicted molar refractivity (Wildman–Crippen MR) is 81.0 cm³/mol. The predicted octanol–water partition coefficient (Wildman–Crippen LogP) is 2.99. The van der Waals surface area contributed by atoms with Crippen molar-refractivity contribution in [1.29, 1.82) is 0 Å². The molecule has 0 spiro atoms. The molecule has 5 nitrogen and oxygen atoms in total. The van der Waals surface area contributed by atoms with Crippen LogP contribution in [0.25, 0.3) is 0 Å². The number of hydrogen-bond acceptors (Lipinski definition) is 4. The average molecular weight is 299 g/mol. The Bertz CT molecular complexity index is 638. The molecule has 0 radical (unpaired) electrons. The summed E-state index contributed by atoms with van der Waals surface area (Å²) < 4.78 is 10.9. The summed E-state index contributed by atoms with van der Waals surface area (Å²) in [4.78, 5) is 12.0. The fourth-order valence-corrected chi connectivity index (χ4v) is 2.42. The smallest absolute Gasteiger partial charge is 0.407 e. The fourth-order valence-electron chi connectivity index (χ4n) is 2.42. The lowest BCUT2D eigenvalue weighted by Crippen LogP contribution is -2.33. The van der Waals surface area contributed by atoms with Gasteiger partial charge in [0.2, 0.25) is 0 Å². The van der Waals surface area contributed by atoms with Crippen LogP contribution in [0.5, 0.6) is 11.5 Å². The van der Waals surface area contributed by atoms with E-state index in [1.54, 1.807) is 6.92 Å². The summed E-state index contributed by atoms with van der Waals surface area (Å²) >= 11 is 0. The number of hydrogen-bond donors (Lipinski definition) is 2. The van der Waals surface area contributed by atoms with Crippen LogP contribution in [0.1, 0.15) is 24.1 Å². The highest BCUT2D eigenvalue weighted by Gasteiger charge is 2.28. The van der Waals surface area contributed by atoms with Gasteiger partial charge in [-0.25, -0.2) is 4.79 Å². The molecule has 1 unspecified atom stereocenters. The lowest BCUT2D eigenvalue weighted by atomic mass is 9.95. The van der Waals surface area contributed by atoms with Gasteiger partial charge in [0.25, 0.3) is 0 Å². The largest absolute Gasteiger partial charge is 0.457 e. The van der Waals surface area contributed by atoms with E-state index in [2.05, 4.69) is 5.32 Å². The summed E-state index contributed by atoms with van der Waals surface area (Å²) in [5, 5.41) is 12.0. The standard InChI is InChI=1S/C17H17NO4/c1-11(19)10-21-17(20)18-16-12-6-2-4-8-14(12)22-15-9-5-3-7-13(15)16/h2-9,11,16,19H,10H2,1H3,(H,18,20). The SMILES string of the molecule is CC(O)COC(=O)NC1c2ccccc2Oc2ccccc21. The van der Waals surface area contributed by atoms with E-state index in [0.29, 0.717) is 11.5 Å². The zero-order chi connectivity index (χ0) is 15.5. The number of rotatable bonds is 3. The van der Waals surface area contributed by atoms with Crippen LogP contribution in [0.3, 0.4) is 0 Å². The van der Waals surface area contributed by atoms with Crippen LogP contribution in [-0.2, 0) is 4.74 Å². The highest BCUT2D eigenvalue weighted by molar-refractivity contribution is 5.70. The quantitative estimate of drug-likeness (QED) is 0.914. The average Bonchev–Trinajstić information content (AvgIpc) is 2.52. The molecule has 0 bridgehead atoms. The van der Waals surface area contributed by atoms with Gasteiger partial charge in [0.15, 0.2) is 0 Å². The second-order valence-electron chi connectivity index (χ2n) is 5.20. The number of fused-ring (bicyclic) bond motifs is 2. The Hall–Kier alpha value is -2.53. The lowest BCUT2D eigenvalue weighted by molar-refractivity contribution is 0.0767. The molecular weight excluding hydrogens is 282 g/mol. The van der Waals surface area contributed by atoms with E-state index in [4.69, 9.17) is 9.47 Å². The number of nitrogens with one attached hydrogen (secondary N) is 1. The molecular formula is C17H17NO4. The van der Waals surface area contributed by atoms with Crippen LogP contribution in [-0.4, -0.2) is 23.9 Å². The molecule has 1 atom stereocenters. The molecule has 22 heavy (non-hydrogen) atoms. The number of ether oxygens (including phenoxy) is 2. The van der Waals surface area contributed by atoms with Gasteiger partial charge in [-0.3, -0.25) is 0 Å². The topological polar surface area (TPSA) is 67.8 Å². The number of carbonyl (C=O) groups is 1. The van der Waals surface area contributed by atoms with E-state index in [1.165, 1.54) is 0 Å². The van der Waals surface area contributed by atoms with Crippen molar-refractivity contribution in [3.05, 3.63) is 59.7 Å². The molecule has 5 heteroatoms. The molecule has 0 fully saturated rings. The first-order chi connectivity index (χ1) is 10.6. The molecule has 1 amide bonds. The van der Waals surface area contributed by atoms with E-state index in [1.807, 2.05) is 48.5 Å². The molecule has 3 rings (SSSR count). The molecule has 1 aliphatic rings. The van der Waals surface area contributed by atoms with E-state index in [9.17, 15) is 9.90 Å².